The van der Waals surface area contributed by atoms with Gasteiger partial charge in [0, 0.05) is 16.6 Å². The van der Waals surface area contributed by atoms with Gasteiger partial charge in [0.05, 0.1) is 10.0 Å². The van der Waals surface area contributed by atoms with E-state index in [0.717, 1.165) is 11.9 Å². The number of fused-ring (bicyclic) bond motifs is 1. The fourth-order valence-corrected chi connectivity index (χ4v) is 2.16. The van der Waals surface area contributed by atoms with Crippen LogP contribution in [0.5, 0.6) is 0 Å². The third-order valence-electron chi connectivity index (χ3n) is 2.51. The van der Waals surface area contributed by atoms with Crippen LogP contribution in [0.3, 0.4) is 0 Å². The van der Waals surface area contributed by atoms with Gasteiger partial charge in [-0.15, -0.1) is 0 Å². The summed E-state index contributed by atoms with van der Waals surface area (Å²) in [6, 6.07) is 3.81. The molecule has 1 nitrogen and oxygen atoms in total. The van der Waals surface area contributed by atoms with E-state index in [-0.39, 0.29) is 0 Å². The van der Waals surface area contributed by atoms with Crippen molar-refractivity contribution in [3.8, 4) is 0 Å². The molecule has 0 bridgehead atoms. The average molecular weight is 228 g/mol. The second-order valence-electron chi connectivity index (χ2n) is 3.39. The van der Waals surface area contributed by atoms with E-state index in [9.17, 15) is 0 Å². The van der Waals surface area contributed by atoms with Crippen LogP contribution in [0, 0.1) is 6.92 Å². The second kappa shape index (κ2) is 3.48. The first-order valence-corrected chi connectivity index (χ1v) is 5.35. The molecule has 0 aliphatic heterocycles. The summed E-state index contributed by atoms with van der Waals surface area (Å²) in [5.41, 5.74) is 3.58. The van der Waals surface area contributed by atoms with Gasteiger partial charge in [-0.2, -0.15) is 0 Å². The Morgan fingerprint density at radius 1 is 1.21 bits per heavy atom. The van der Waals surface area contributed by atoms with Gasteiger partial charge in [-0.25, -0.2) is 0 Å². The highest BCUT2D eigenvalue weighted by Gasteiger charge is 2.08. The van der Waals surface area contributed by atoms with Gasteiger partial charge in [0.25, 0.3) is 0 Å². The Morgan fingerprint density at radius 3 is 2.50 bits per heavy atom. The van der Waals surface area contributed by atoms with E-state index in [1.807, 2.05) is 12.1 Å². The number of aromatic nitrogens is 1. The molecule has 2 rings (SSSR count). The highest BCUT2D eigenvalue weighted by molar-refractivity contribution is 6.42. The van der Waals surface area contributed by atoms with Crippen molar-refractivity contribution in [1.82, 2.24) is 4.98 Å². The number of benzene rings is 1. The quantitative estimate of drug-likeness (QED) is 0.746. The van der Waals surface area contributed by atoms with Crippen molar-refractivity contribution >= 4 is 34.1 Å². The van der Waals surface area contributed by atoms with Crippen LogP contribution in [0.15, 0.2) is 12.1 Å². The molecule has 0 amide bonds. The molecule has 2 aromatic rings. The first-order valence-electron chi connectivity index (χ1n) is 4.59. The lowest BCUT2D eigenvalue weighted by Crippen LogP contribution is -1.80. The maximum Gasteiger partial charge on any atom is 0.0613 e. The number of hydrogen-bond acceptors (Lipinski definition) is 0. The lowest BCUT2D eigenvalue weighted by atomic mass is 10.1. The van der Waals surface area contributed by atoms with Crippen LogP contribution in [-0.2, 0) is 6.42 Å². The number of aromatic amines is 1. The molecule has 0 aliphatic carbocycles. The highest BCUT2D eigenvalue weighted by atomic mass is 35.5. The Bertz CT molecular complexity index is 485. The van der Waals surface area contributed by atoms with Gasteiger partial charge in [-0.1, -0.05) is 30.1 Å². The van der Waals surface area contributed by atoms with Crippen LogP contribution in [0.25, 0.3) is 10.9 Å². The lowest BCUT2D eigenvalue weighted by molar-refractivity contribution is 1.11. The summed E-state index contributed by atoms with van der Waals surface area (Å²) in [7, 11) is 0. The standard InChI is InChI=1S/C11H11Cl2N/c1-3-7-6(2)14-11-5-10(13)9(12)4-8(7)11/h4-5,14H,3H2,1-2H3. The number of aryl methyl sites for hydroxylation is 2. The van der Waals surface area contributed by atoms with Crippen molar-refractivity contribution in [2.24, 2.45) is 0 Å². The van der Waals surface area contributed by atoms with Gasteiger partial charge in [0.1, 0.15) is 0 Å². The normalized spacial score (nSPS) is 11.1. The molecule has 0 saturated carbocycles. The molecule has 0 aliphatic rings. The van der Waals surface area contributed by atoms with E-state index in [2.05, 4.69) is 18.8 Å². The van der Waals surface area contributed by atoms with E-state index in [4.69, 9.17) is 23.2 Å². The predicted molar refractivity (Wildman–Crippen MR) is 62.4 cm³/mol. The van der Waals surface area contributed by atoms with Crippen LogP contribution >= 0.6 is 23.2 Å². The second-order valence-corrected chi connectivity index (χ2v) is 4.21. The summed E-state index contributed by atoms with van der Waals surface area (Å²) in [6.07, 6.45) is 1.00. The smallest absolute Gasteiger partial charge is 0.0613 e. The molecule has 1 aromatic heterocycles. The predicted octanol–water partition coefficient (Wildman–Crippen LogP) is 4.35. The Morgan fingerprint density at radius 2 is 1.86 bits per heavy atom. The molecule has 0 fully saturated rings. The van der Waals surface area contributed by atoms with Crippen molar-refractivity contribution in [2.75, 3.05) is 0 Å². The molecule has 14 heavy (non-hydrogen) atoms. The van der Waals surface area contributed by atoms with Gasteiger partial charge in [0.2, 0.25) is 0 Å². The largest absolute Gasteiger partial charge is 0.358 e. The molecule has 3 heteroatoms. The molecular formula is C11H11Cl2N. The van der Waals surface area contributed by atoms with Gasteiger partial charge >= 0.3 is 0 Å². The molecule has 0 radical (unpaired) electrons. The van der Waals surface area contributed by atoms with Gasteiger partial charge in [0.15, 0.2) is 0 Å². The Balaban J connectivity index is 2.82. The first-order chi connectivity index (χ1) is 6.63. The topological polar surface area (TPSA) is 15.8 Å². The van der Waals surface area contributed by atoms with Crippen molar-refractivity contribution < 1.29 is 0 Å². The third-order valence-corrected chi connectivity index (χ3v) is 3.24. The van der Waals surface area contributed by atoms with E-state index in [0.29, 0.717) is 10.0 Å². The van der Waals surface area contributed by atoms with Crippen molar-refractivity contribution in [2.45, 2.75) is 20.3 Å². The summed E-state index contributed by atoms with van der Waals surface area (Å²) in [5.74, 6) is 0. The molecule has 0 spiro atoms. The molecule has 1 heterocycles. The SMILES string of the molecule is CCc1c(C)[nH]c2cc(Cl)c(Cl)cc12. The number of hydrogen-bond donors (Lipinski definition) is 1. The van der Waals surface area contributed by atoms with Gasteiger partial charge in [-0.3, -0.25) is 0 Å². The third kappa shape index (κ3) is 1.41. The van der Waals surface area contributed by atoms with Crippen molar-refractivity contribution in [3.63, 3.8) is 0 Å². The van der Waals surface area contributed by atoms with Crippen molar-refractivity contribution in [3.05, 3.63) is 33.4 Å². The zero-order valence-corrected chi connectivity index (χ0v) is 9.63. The minimum atomic E-state index is 0.600. The maximum absolute atomic E-state index is 5.98. The fraction of sp³-hybridized carbons (Fsp3) is 0.273. The van der Waals surface area contributed by atoms with E-state index in [1.165, 1.54) is 16.6 Å². The molecule has 0 unspecified atom stereocenters. The summed E-state index contributed by atoms with van der Waals surface area (Å²) >= 11 is 11.9. The minimum Gasteiger partial charge on any atom is -0.358 e. The minimum absolute atomic E-state index is 0.600. The summed E-state index contributed by atoms with van der Waals surface area (Å²) in [5, 5.41) is 2.40. The highest BCUT2D eigenvalue weighted by Crippen LogP contribution is 2.31. The summed E-state index contributed by atoms with van der Waals surface area (Å²) in [4.78, 5) is 3.30. The first kappa shape index (κ1) is 9.88. The van der Waals surface area contributed by atoms with Crippen molar-refractivity contribution in [1.29, 1.82) is 0 Å². The van der Waals surface area contributed by atoms with Gasteiger partial charge in [-0.05, 0) is 31.0 Å². The summed E-state index contributed by atoms with van der Waals surface area (Å²) < 4.78 is 0. The fourth-order valence-electron chi connectivity index (χ4n) is 1.83. The van der Waals surface area contributed by atoms with Crippen LogP contribution < -0.4 is 0 Å². The zero-order chi connectivity index (χ0) is 10.3. The zero-order valence-electron chi connectivity index (χ0n) is 8.12. The van der Waals surface area contributed by atoms with Crippen LogP contribution in [0.2, 0.25) is 10.0 Å². The average Bonchev–Trinajstić information content (AvgIpc) is 2.42. The molecule has 1 N–H and O–H groups in total. The summed E-state index contributed by atoms with van der Waals surface area (Å²) in [6.45, 7) is 4.21. The Kier molecular flexibility index (Phi) is 2.46. The van der Waals surface area contributed by atoms with Crippen LogP contribution in [-0.4, -0.2) is 4.98 Å². The number of halogens is 2. The van der Waals surface area contributed by atoms with E-state index < -0.39 is 0 Å². The van der Waals surface area contributed by atoms with E-state index in [1.54, 1.807) is 0 Å². The van der Waals surface area contributed by atoms with Crippen LogP contribution in [0.1, 0.15) is 18.2 Å². The maximum atomic E-state index is 5.98. The number of H-pyrrole nitrogens is 1. The lowest BCUT2D eigenvalue weighted by Gasteiger charge is -1.98. The number of rotatable bonds is 1. The van der Waals surface area contributed by atoms with E-state index >= 15 is 0 Å². The molecule has 0 saturated heterocycles. The Hall–Kier alpha value is -0.660. The van der Waals surface area contributed by atoms with Gasteiger partial charge < -0.3 is 4.98 Å². The molecule has 1 aromatic carbocycles. The Labute approximate surface area is 93.0 Å². The molecular weight excluding hydrogens is 217 g/mol. The molecule has 74 valence electrons. The van der Waals surface area contributed by atoms with Crippen LogP contribution in [0.4, 0.5) is 0 Å². The molecule has 0 atom stereocenters. The number of nitrogens with one attached hydrogen (secondary N) is 1. The monoisotopic (exact) mass is 227 g/mol.